The fourth-order valence-corrected chi connectivity index (χ4v) is 1.56. The summed E-state index contributed by atoms with van der Waals surface area (Å²) in [5.41, 5.74) is -1.70. The van der Waals surface area contributed by atoms with E-state index in [9.17, 15) is 14.3 Å². The van der Waals surface area contributed by atoms with Crippen molar-refractivity contribution in [2.45, 2.75) is 6.92 Å². The summed E-state index contributed by atoms with van der Waals surface area (Å²) < 4.78 is 13.5. The third-order valence-electron chi connectivity index (χ3n) is 2.04. The highest BCUT2D eigenvalue weighted by molar-refractivity contribution is 6.37. The summed E-state index contributed by atoms with van der Waals surface area (Å²) in [6.45, 7) is 1.10. The molecule has 0 unspecified atom stereocenters. The Morgan fingerprint density at radius 3 is 2.41 bits per heavy atom. The molecular formula is C11H9ClFNO3. The summed E-state index contributed by atoms with van der Waals surface area (Å²) >= 11 is 5.70. The van der Waals surface area contributed by atoms with Gasteiger partial charge in [-0.3, -0.25) is 5.41 Å². The molecule has 0 aliphatic heterocycles. The number of aliphatic hydroxyl groups excluding tert-OH is 1. The molecule has 0 radical (unpaired) electrons. The fraction of sp³-hybridized carbons (Fsp3) is 0.0909. The van der Waals surface area contributed by atoms with Crippen molar-refractivity contribution in [2.75, 3.05) is 0 Å². The molecule has 0 bridgehead atoms. The molecule has 0 saturated heterocycles. The van der Waals surface area contributed by atoms with Gasteiger partial charge in [-0.2, -0.15) is 0 Å². The number of hydrogen-bond donors (Lipinski definition) is 3. The monoisotopic (exact) mass is 257 g/mol. The molecule has 0 atom stereocenters. The van der Waals surface area contributed by atoms with E-state index in [0.29, 0.717) is 0 Å². The van der Waals surface area contributed by atoms with E-state index < -0.39 is 28.8 Å². The number of aliphatic hydroxyl groups is 1. The van der Waals surface area contributed by atoms with Crippen LogP contribution in [0.5, 0.6) is 0 Å². The van der Waals surface area contributed by atoms with Crippen molar-refractivity contribution in [1.29, 1.82) is 5.41 Å². The van der Waals surface area contributed by atoms with Gasteiger partial charge in [-0.25, -0.2) is 9.18 Å². The molecule has 3 N–H and O–H groups in total. The first-order chi connectivity index (χ1) is 7.86. The van der Waals surface area contributed by atoms with E-state index in [4.69, 9.17) is 22.1 Å². The van der Waals surface area contributed by atoms with E-state index in [1.54, 1.807) is 0 Å². The minimum absolute atomic E-state index is 0.0880. The van der Waals surface area contributed by atoms with Gasteiger partial charge < -0.3 is 10.2 Å². The van der Waals surface area contributed by atoms with E-state index in [0.717, 1.165) is 13.0 Å². The van der Waals surface area contributed by atoms with Crippen molar-refractivity contribution >= 4 is 23.3 Å². The Labute approximate surface area is 101 Å². The average Bonchev–Trinajstić information content (AvgIpc) is 2.15. The third kappa shape index (κ3) is 2.62. The lowest BCUT2D eigenvalue weighted by Crippen LogP contribution is -2.16. The molecule has 0 aliphatic rings. The van der Waals surface area contributed by atoms with Crippen LogP contribution in [0.15, 0.2) is 29.5 Å². The van der Waals surface area contributed by atoms with Crippen LogP contribution in [-0.4, -0.2) is 21.9 Å². The number of allylic oxidation sites excluding steroid dienone is 1. The van der Waals surface area contributed by atoms with Gasteiger partial charge in [0.15, 0.2) is 0 Å². The Kier molecular flexibility index (Phi) is 3.85. The van der Waals surface area contributed by atoms with E-state index in [2.05, 4.69) is 0 Å². The molecule has 90 valence electrons. The maximum atomic E-state index is 13.5. The lowest BCUT2D eigenvalue weighted by atomic mass is 10.0. The quantitative estimate of drug-likeness (QED) is 0.442. The van der Waals surface area contributed by atoms with Crippen LogP contribution in [0.2, 0.25) is 5.02 Å². The largest absolute Gasteiger partial charge is 0.512 e. The average molecular weight is 258 g/mol. The Morgan fingerprint density at radius 2 is 2.00 bits per heavy atom. The standard InChI is InChI=1S/C11H9ClFNO3/c1-5(15)8(11(16)17)10(14)9-6(12)3-2-4-7(9)13/h2-4,14-15H,1H3,(H,16,17)/b8-5+,14-10?. The number of benzene rings is 1. The minimum Gasteiger partial charge on any atom is -0.512 e. The topological polar surface area (TPSA) is 81.4 Å². The zero-order valence-electron chi connectivity index (χ0n) is 8.79. The summed E-state index contributed by atoms with van der Waals surface area (Å²) in [4.78, 5) is 10.9. The van der Waals surface area contributed by atoms with Crippen LogP contribution in [0.3, 0.4) is 0 Å². The van der Waals surface area contributed by atoms with E-state index in [1.807, 2.05) is 0 Å². The number of hydrogen-bond acceptors (Lipinski definition) is 3. The van der Waals surface area contributed by atoms with Crippen molar-refractivity contribution < 1.29 is 19.4 Å². The second kappa shape index (κ2) is 4.97. The molecule has 6 heteroatoms. The van der Waals surface area contributed by atoms with Gasteiger partial charge >= 0.3 is 5.97 Å². The number of nitrogens with one attached hydrogen (secondary N) is 1. The van der Waals surface area contributed by atoms with Crippen LogP contribution in [0.4, 0.5) is 4.39 Å². The van der Waals surface area contributed by atoms with Crippen molar-refractivity contribution in [3.8, 4) is 0 Å². The van der Waals surface area contributed by atoms with Gasteiger partial charge in [0.2, 0.25) is 0 Å². The SMILES string of the molecule is C/C(O)=C(/C(=N)c1c(F)cccc1Cl)C(=O)O. The van der Waals surface area contributed by atoms with Crippen molar-refractivity contribution in [3.63, 3.8) is 0 Å². The first-order valence-electron chi connectivity index (χ1n) is 4.52. The van der Waals surface area contributed by atoms with Crippen LogP contribution >= 0.6 is 11.6 Å². The van der Waals surface area contributed by atoms with Crippen LogP contribution in [0.25, 0.3) is 0 Å². The molecule has 0 heterocycles. The van der Waals surface area contributed by atoms with Gasteiger partial charge in [-0.1, -0.05) is 17.7 Å². The van der Waals surface area contributed by atoms with E-state index >= 15 is 0 Å². The second-order valence-corrected chi connectivity index (χ2v) is 3.64. The van der Waals surface area contributed by atoms with Crippen LogP contribution in [-0.2, 0) is 4.79 Å². The molecule has 0 spiro atoms. The van der Waals surface area contributed by atoms with Crippen molar-refractivity contribution in [2.24, 2.45) is 0 Å². The molecular weight excluding hydrogens is 249 g/mol. The fourth-order valence-electron chi connectivity index (χ4n) is 1.30. The normalized spacial score (nSPS) is 11.9. The van der Waals surface area contributed by atoms with Gasteiger partial charge in [-0.05, 0) is 19.1 Å². The van der Waals surface area contributed by atoms with Gasteiger partial charge in [0.25, 0.3) is 0 Å². The van der Waals surface area contributed by atoms with Crippen LogP contribution < -0.4 is 0 Å². The van der Waals surface area contributed by atoms with Gasteiger partial charge in [0.05, 0.1) is 16.3 Å². The number of rotatable bonds is 3. The maximum absolute atomic E-state index is 13.5. The summed E-state index contributed by atoms with van der Waals surface area (Å²) in [7, 11) is 0. The number of aliphatic carboxylic acids is 1. The van der Waals surface area contributed by atoms with Crippen LogP contribution in [0, 0.1) is 11.2 Å². The predicted molar refractivity (Wildman–Crippen MR) is 61.2 cm³/mol. The summed E-state index contributed by atoms with van der Waals surface area (Å²) in [6, 6.07) is 3.73. The zero-order valence-corrected chi connectivity index (χ0v) is 9.55. The summed E-state index contributed by atoms with van der Waals surface area (Å²) in [5.74, 6) is -2.92. The Bertz CT molecular complexity index is 501. The van der Waals surface area contributed by atoms with Gasteiger partial charge in [0.1, 0.15) is 17.1 Å². The Morgan fingerprint density at radius 1 is 1.41 bits per heavy atom. The zero-order chi connectivity index (χ0) is 13.2. The Hall–Kier alpha value is -1.88. The van der Waals surface area contributed by atoms with E-state index in [-0.39, 0.29) is 10.6 Å². The molecule has 0 aliphatic carbocycles. The van der Waals surface area contributed by atoms with Crippen molar-refractivity contribution in [3.05, 3.63) is 45.9 Å². The highest BCUT2D eigenvalue weighted by Gasteiger charge is 2.23. The molecule has 0 fully saturated rings. The molecule has 1 aromatic rings. The maximum Gasteiger partial charge on any atom is 0.341 e. The molecule has 17 heavy (non-hydrogen) atoms. The lowest BCUT2D eigenvalue weighted by molar-refractivity contribution is -0.132. The Balaban J connectivity index is 3.40. The summed E-state index contributed by atoms with van der Waals surface area (Å²) in [5, 5.41) is 25.5. The molecule has 0 amide bonds. The number of carboxylic acids is 1. The van der Waals surface area contributed by atoms with Gasteiger partial charge in [0, 0.05) is 0 Å². The molecule has 0 aromatic heterocycles. The summed E-state index contributed by atoms with van der Waals surface area (Å²) in [6.07, 6.45) is 0. The number of carbonyl (C=O) groups is 1. The first kappa shape index (κ1) is 13.2. The third-order valence-corrected chi connectivity index (χ3v) is 2.35. The number of halogens is 2. The van der Waals surface area contributed by atoms with Crippen molar-refractivity contribution in [1.82, 2.24) is 0 Å². The highest BCUT2D eigenvalue weighted by Crippen LogP contribution is 2.23. The molecule has 0 saturated carbocycles. The highest BCUT2D eigenvalue weighted by atomic mass is 35.5. The lowest BCUT2D eigenvalue weighted by Gasteiger charge is -2.09. The predicted octanol–water partition coefficient (Wildman–Crippen LogP) is 2.76. The number of carboxylic acid groups (broad SMARTS) is 1. The molecule has 1 aromatic carbocycles. The molecule has 4 nitrogen and oxygen atoms in total. The van der Waals surface area contributed by atoms with Crippen LogP contribution in [0.1, 0.15) is 12.5 Å². The smallest absolute Gasteiger partial charge is 0.341 e. The molecule has 1 rings (SSSR count). The first-order valence-corrected chi connectivity index (χ1v) is 4.90. The van der Waals surface area contributed by atoms with E-state index in [1.165, 1.54) is 12.1 Å². The minimum atomic E-state index is -1.52. The van der Waals surface area contributed by atoms with Gasteiger partial charge in [-0.15, -0.1) is 0 Å². The second-order valence-electron chi connectivity index (χ2n) is 3.24.